The van der Waals surface area contributed by atoms with Gasteiger partial charge in [-0.2, -0.15) is 0 Å². The molecule has 2 saturated carbocycles. The number of urea groups is 1. The molecular formula is C16H26N2O3. The number of amides is 2. The summed E-state index contributed by atoms with van der Waals surface area (Å²) in [7, 11) is 0. The number of nitrogens with zero attached hydrogens (tertiary/aromatic N) is 1. The number of rotatable bonds is 2. The van der Waals surface area contributed by atoms with Crippen LogP contribution in [0.25, 0.3) is 0 Å². The van der Waals surface area contributed by atoms with Crippen LogP contribution in [0.3, 0.4) is 0 Å². The quantitative estimate of drug-likeness (QED) is 0.822. The van der Waals surface area contributed by atoms with Gasteiger partial charge in [-0.25, -0.2) is 4.79 Å². The van der Waals surface area contributed by atoms with Crippen LogP contribution in [0, 0.1) is 17.8 Å². The van der Waals surface area contributed by atoms with E-state index in [2.05, 4.69) is 5.32 Å². The van der Waals surface area contributed by atoms with Crippen molar-refractivity contribution in [2.45, 2.75) is 57.4 Å². The fourth-order valence-electron chi connectivity index (χ4n) is 4.39. The molecular weight excluding hydrogens is 268 g/mol. The second kappa shape index (κ2) is 6.24. The van der Waals surface area contributed by atoms with Gasteiger partial charge in [0.15, 0.2) is 0 Å². The molecule has 118 valence electrons. The van der Waals surface area contributed by atoms with E-state index in [1.807, 2.05) is 4.90 Å². The Balaban J connectivity index is 1.48. The van der Waals surface area contributed by atoms with Gasteiger partial charge in [-0.1, -0.05) is 19.3 Å². The first-order valence-corrected chi connectivity index (χ1v) is 8.41. The van der Waals surface area contributed by atoms with E-state index in [1.54, 1.807) is 0 Å². The molecule has 2 aliphatic carbocycles. The second-order valence-corrected chi connectivity index (χ2v) is 7.03. The molecule has 2 amide bonds. The van der Waals surface area contributed by atoms with Crippen molar-refractivity contribution in [1.82, 2.24) is 10.2 Å². The van der Waals surface area contributed by atoms with Crippen LogP contribution in [0.4, 0.5) is 4.79 Å². The van der Waals surface area contributed by atoms with Crippen molar-refractivity contribution in [1.29, 1.82) is 0 Å². The number of carboxylic acids is 1. The first-order valence-electron chi connectivity index (χ1n) is 8.41. The Labute approximate surface area is 126 Å². The number of hydrogen-bond acceptors (Lipinski definition) is 2. The van der Waals surface area contributed by atoms with E-state index in [-0.39, 0.29) is 18.0 Å². The Morgan fingerprint density at radius 2 is 1.76 bits per heavy atom. The Morgan fingerprint density at radius 3 is 2.48 bits per heavy atom. The SMILES string of the molecule is O=C(O)[C@@H]1CC[C@H](NC(=O)N2CCC3CCCCC3C2)C1. The summed E-state index contributed by atoms with van der Waals surface area (Å²) in [5.41, 5.74) is 0. The van der Waals surface area contributed by atoms with Gasteiger partial charge in [0.05, 0.1) is 5.92 Å². The topological polar surface area (TPSA) is 69.6 Å². The molecule has 1 aliphatic heterocycles. The van der Waals surface area contributed by atoms with E-state index in [0.717, 1.165) is 31.8 Å². The van der Waals surface area contributed by atoms with Gasteiger partial charge in [-0.3, -0.25) is 4.79 Å². The molecule has 0 aromatic heterocycles. The zero-order valence-electron chi connectivity index (χ0n) is 12.6. The first-order chi connectivity index (χ1) is 10.1. The Hall–Kier alpha value is -1.26. The summed E-state index contributed by atoms with van der Waals surface area (Å²) in [6.07, 6.45) is 8.46. The highest BCUT2D eigenvalue weighted by Gasteiger charge is 2.35. The molecule has 2 N–H and O–H groups in total. The van der Waals surface area contributed by atoms with E-state index in [0.29, 0.717) is 18.8 Å². The molecule has 5 heteroatoms. The van der Waals surface area contributed by atoms with Crippen molar-refractivity contribution in [2.75, 3.05) is 13.1 Å². The number of aliphatic carboxylic acids is 1. The minimum atomic E-state index is -0.727. The molecule has 3 aliphatic rings. The summed E-state index contributed by atoms with van der Waals surface area (Å²) in [6.45, 7) is 1.76. The molecule has 0 aromatic carbocycles. The van der Waals surface area contributed by atoms with Gasteiger partial charge in [-0.05, 0) is 43.9 Å². The van der Waals surface area contributed by atoms with Crippen molar-refractivity contribution in [3.8, 4) is 0 Å². The predicted octanol–water partition coefficient (Wildman–Crippen LogP) is 2.46. The summed E-state index contributed by atoms with van der Waals surface area (Å²) >= 11 is 0. The highest BCUT2D eigenvalue weighted by Crippen LogP contribution is 2.36. The maximum Gasteiger partial charge on any atom is 0.317 e. The Bertz CT molecular complexity index is 412. The molecule has 1 heterocycles. The van der Waals surface area contributed by atoms with E-state index in [4.69, 9.17) is 5.11 Å². The third-order valence-electron chi connectivity index (χ3n) is 5.69. The zero-order chi connectivity index (χ0) is 14.8. The number of likely N-dealkylation sites (tertiary alicyclic amines) is 1. The molecule has 0 radical (unpaired) electrons. The van der Waals surface area contributed by atoms with Crippen LogP contribution < -0.4 is 5.32 Å². The minimum absolute atomic E-state index is 0.0232. The molecule has 0 aromatic rings. The van der Waals surface area contributed by atoms with E-state index < -0.39 is 5.97 Å². The number of carbonyl (C=O) groups excluding carboxylic acids is 1. The monoisotopic (exact) mass is 294 g/mol. The lowest BCUT2D eigenvalue weighted by atomic mass is 9.75. The van der Waals surface area contributed by atoms with Crippen LogP contribution in [0.15, 0.2) is 0 Å². The van der Waals surface area contributed by atoms with Crippen LogP contribution >= 0.6 is 0 Å². The average Bonchev–Trinajstić information content (AvgIpc) is 2.95. The number of nitrogens with one attached hydrogen (secondary N) is 1. The summed E-state index contributed by atoms with van der Waals surface area (Å²) in [5, 5.41) is 12.1. The number of piperidine rings is 1. The van der Waals surface area contributed by atoms with Gasteiger partial charge in [0.25, 0.3) is 0 Å². The van der Waals surface area contributed by atoms with Crippen molar-refractivity contribution in [2.24, 2.45) is 17.8 Å². The lowest BCUT2D eigenvalue weighted by molar-refractivity contribution is -0.141. The third-order valence-corrected chi connectivity index (χ3v) is 5.69. The van der Waals surface area contributed by atoms with E-state index in [9.17, 15) is 9.59 Å². The summed E-state index contributed by atoms with van der Waals surface area (Å²) < 4.78 is 0. The van der Waals surface area contributed by atoms with Gasteiger partial charge < -0.3 is 15.3 Å². The largest absolute Gasteiger partial charge is 0.481 e. The lowest BCUT2D eigenvalue weighted by Gasteiger charge is -2.41. The normalized spacial score (nSPS) is 36.1. The van der Waals surface area contributed by atoms with Crippen molar-refractivity contribution in [3.63, 3.8) is 0 Å². The molecule has 4 atom stereocenters. The van der Waals surface area contributed by atoms with Gasteiger partial charge >= 0.3 is 12.0 Å². The number of carboxylic acid groups (broad SMARTS) is 1. The van der Waals surface area contributed by atoms with E-state index in [1.165, 1.54) is 25.7 Å². The highest BCUT2D eigenvalue weighted by molar-refractivity contribution is 5.75. The number of carbonyl (C=O) groups is 2. The molecule has 3 fully saturated rings. The molecule has 0 spiro atoms. The summed E-state index contributed by atoms with van der Waals surface area (Å²) in [6, 6.07) is 0.0674. The molecule has 5 nitrogen and oxygen atoms in total. The van der Waals surface area contributed by atoms with Crippen molar-refractivity contribution < 1.29 is 14.7 Å². The molecule has 1 saturated heterocycles. The minimum Gasteiger partial charge on any atom is -0.481 e. The Morgan fingerprint density at radius 1 is 1.00 bits per heavy atom. The standard InChI is InChI=1S/C16H26N2O3/c19-15(20)12-5-6-14(9-12)17-16(21)18-8-7-11-3-1-2-4-13(11)10-18/h11-14H,1-10H2,(H,17,21)(H,19,20)/t11?,12-,13?,14+/m1/s1. The molecule has 2 unspecified atom stereocenters. The van der Waals surface area contributed by atoms with Gasteiger partial charge in [0.1, 0.15) is 0 Å². The molecule has 0 bridgehead atoms. The predicted molar refractivity (Wildman–Crippen MR) is 78.9 cm³/mol. The first kappa shape index (κ1) is 14.7. The summed E-state index contributed by atoms with van der Waals surface area (Å²) in [5.74, 6) is 0.508. The van der Waals surface area contributed by atoms with Gasteiger partial charge in [0, 0.05) is 19.1 Å². The number of fused-ring (bicyclic) bond motifs is 1. The average molecular weight is 294 g/mol. The van der Waals surface area contributed by atoms with Crippen LogP contribution in [-0.2, 0) is 4.79 Å². The van der Waals surface area contributed by atoms with Crippen molar-refractivity contribution in [3.05, 3.63) is 0 Å². The second-order valence-electron chi connectivity index (χ2n) is 7.03. The fourth-order valence-corrected chi connectivity index (χ4v) is 4.39. The molecule has 21 heavy (non-hydrogen) atoms. The third kappa shape index (κ3) is 3.33. The number of hydrogen-bond donors (Lipinski definition) is 2. The van der Waals surface area contributed by atoms with Crippen LogP contribution in [-0.4, -0.2) is 41.1 Å². The van der Waals surface area contributed by atoms with Gasteiger partial charge in [-0.15, -0.1) is 0 Å². The van der Waals surface area contributed by atoms with Crippen molar-refractivity contribution >= 4 is 12.0 Å². The zero-order valence-corrected chi connectivity index (χ0v) is 12.6. The van der Waals surface area contributed by atoms with E-state index >= 15 is 0 Å². The maximum atomic E-state index is 12.4. The Kier molecular flexibility index (Phi) is 4.36. The van der Waals surface area contributed by atoms with Crippen LogP contribution in [0.1, 0.15) is 51.4 Å². The van der Waals surface area contributed by atoms with Crippen LogP contribution in [0.5, 0.6) is 0 Å². The molecule has 3 rings (SSSR count). The highest BCUT2D eigenvalue weighted by atomic mass is 16.4. The lowest BCUT2D eigenvalue weighted by Crippen LogP contribution is -2.50. The summed E-state index contributed by atoms with van der Waals surface area (Å²) in [4.78, 5) is 25.3. The fraction of sp³-hybridized carbons (Fsp3) is 0.875. The van der Waals surface area contributed by atoms with Gasteiger partial charge in [0.2, 0.25) is 0 Å². The van der Waals surface area contributed by atoms with Crippen LogP contribution in [0.2, 0.25) is 0 Å². The smallest absolute Gasteiger partial charge is 0.317 e. The maximum absolute atomic E-state index is 12.4.